The van der Waals surface area contributed by atoms with Gasteiger partial charge in [0.05, 0.1) is 5.54 Å². The monoisotopic (exact) mass is 323 g/mol. The summed E-state index contributed by atoms with van der Waals surface area (Å²) in [5, 5.41) is 4.49. The van der Waals surface area contributed by atoms with Crippen molar-refractivity contribution in [2.45, 2.75) is 25.8 Å². The lowest BCUT2D eigenvalue weighted by Crippen LogP contribution is -2.41. The van der Waals surface area contributed by atoms with Crippen LogP contribution in [0.2, 0.25) is 0 Å². The standard InChI is InChI=1S/C20H18FNO2/c1-20(2)19-16(8-9-22-20)15-7-6-13(11-17(15)24-19)18(23)12-4-3-5-14(21)10-12/h3-7,10-11,22H,8-9H2,1-2H3. The van der Waals surface area contributed by atoms with Crippen LogP contribution in [0.5, 0.6) is 0 Å². The number of hydrogen-bond donors (Lipinski definition) is 1. The lowest BCUT2D eigenvalue weighted by Gasteiger charge is -2.29. The molecule has 0 bridgehead atoms. The number of halogens is 1. The number of carbonyl (C=O) groups excluding carboxylic acids is 1. The third-order valence-electron chi connectivity index (χ3n) is 4.65. The van der Waals surface area contributed by atoms with Crippen molar-refractivity contribution < 1.29 is 13.6 Å². The largest absolute Gasteiger partial charge is 0.459 e. The number of benzene rings is 2. The minimum Gasteiger partial charge on any atom is -0.459 e. The highest BCUT2D eigenvalue weighted by atomic mass is 19.1. The minimum atomic E-state index is -0.414. The van der Waals surface area contributed by atoms with Crippen LogP contribution in [0.1, 0.15) is 41.1 Å². The van der Waals surface area contributed by atoms with E-state index in [0.29, 0.717) is 16.7 Å². The Balaban J connectivity index is 1.81. The lowest BCUT2D eigenvalue weighted by atomic mass is 9.91. The van der Waals surface area contributed by atoms with Crippen molar-refractivity contribution >= 4 is 16.8 Å². The molecule has 0 amide bonds. The molecule has 1 aliphatic heterocycles. The van der Waals surface area contributed by atoms with Gasteiger partial charge in [-0.3, -0.25) is 4.79 Å². The Morgan fingerprint density at radius 1 is 1.17 bits per heavy atom. The fraction of sp³-hybridized carbons (Fsp3) is 0.250. The second-order valence-electron chi connectivity index (χ2n) is 6.76. The van der Waals surface area contributed by atoms with E-state index in [1.807, 2.05) is 6.07 Å². The van der Waals surface area contributed by atoms with Crippen molar-refractivity contribution in [3.63, 3.8) is 0 Å². The quantitative estimate of drug-likeness (QED) is 0.719. The molecule has 24 heavy (non-hydrogen) atoms. The molecule has 0 spiro atoms. The maximum absolute atomic E-state index is 13.4. The molecule has 1 aromatic heterocycles. The van der Waals surface area contributed by atoms with Crippen molar-refractivity contribution in [1.82, 2.24) is 5.32 Å². The average Bonchev–Trinajstić information content (AvgIpc) is 2.93. The van der Waals surface area contributed by atoms with Crippen molar-refractivity contribution in [1.29, 1.82) is 0 Å². The summed E-state index contributed by atoms with van der Waals surface area (Å²) in [7, 11) is 0. The third-order valence-corrected chi connectivity index (χ3v) is 4.65. The summed E-state index contributed by atoms with van der Waals surface area (Å²) in [5.41, 5.74) is 2.54. The van der Waals surface area contributed by atoms with Gasteiger partial charge in [-0.1, -0.05) is 24.3 Å². The van der Waals surface area contributed by atoms with Crippen LogP contribution in [0.25, 0.3) is 11.0 Å². The number of nitrogens with one attached hydrogen (secondary N) is 1. The minimum absolute atomic E-state index is 0.205. The zero-order valence-electron chi connectivity index (χ0n) is 13.7. The molecule has 3 nitrogen and oxygen atoms in total. The Hall–Kier alpha value is -2.46. The normalized spacial score (nSPS) is 16.1. The van der Waals surface area contributed by atoms with Gasteiger partial charge in [0, 0.05) is 28.6 Å². The second kappa shape index (κ2) is 5.28. The average molecular weight is 323 g/mol. The molecule has 0 fully saturated rings. The number of hydrogen-bond acceptors (Lipinski definition) is 3. The zero-order valence-corrected chi connectivity index (χ0v) is 13.7. The van der Waals surface area contributed by atoms with E-state index in [1.165, 1.54) is 17.7 Å². The summed E-state index contributed by atoms with van der Waals surface area (Å²) < 4.78 is 19.4. The van der Waals surface area contributed by atoms with Gasteiger partial charge >= 0.3 is 0 Å². The number of rotatable bonds is 2. The Labute approximate surface area is 139 Å². The highest BCUT2D eigenvalue weighted by molar-refractivity contribution is 6.10. The SMILES string of the molecule is CC1(C)NCCc2c1oc1cc(C(=O)c3cccc(F)c3)ccc21. The number of fused-ring (bicyclic) bond motifs is 3. The van der Waals surface area contributed by atoms with Gasteiger partial charge in [-0.2, -0.15) is 0 Å². The van der Waals surface area contributed by atoms with Crippen molar-refractivity contribution in [3.05, 3.63) is 70.7 Å². The van der Waals surface area contributed by atoms with Crippen LogP contribution in [-0.4, -0.2) is 12.3 Å². The number of furan rings is 1. The first kappa shape index (κ1) is 15.1. The van der Waals surface area contributed by atoms with E-state index in [9.17, 15) is 9.18 Å². The van der Waals surface area contributed by atoms with Crippen molar-refractivity contribution in [2.75, 3.05) is 6.54 Å². The molecule has 4 rings (SSSR count). The molecule has 122 valence electrons. The van der Waals surface area contributed by atoms with Gasteiger partial charge in [0.25, 0.3) is 0 Å². The van der Waals surface area contributed by atoms with Gasteiger partial charge in [-0.15, -0.1) is 0 Å². The molecule has 0 unspecified atom stereocenters. The molecule has 3 aromatic rings. The van der Waals surface area contributed by atoms with Crippen molar-refractivity contribution in [2.24, 2.45) is 0 Å². The van der Waals surface area contributed by atoms with Crippen LogP contribution < -0.4 is 5.32 Å². The summed E-state index contributed by atoms with van der Waals surface area (Å²) in [6.45, 7) is 5.08. The fourth-order valence-corrected chi connectivity index (χ4v) is 3.42. The van der Waals surface area contributed by atoms with E-state index < -0.39 is 5.82 Å². The molecule has 0 saturated heterocycles. The van der Waals surface area contributed by atoms with Crippen LogP contribution in [0.15, 0.2) is 46.9 Å². The molecule has 4 heteroatoms. The van der Waals surface area contributed by atoms with E-state index in [2.05, 4.69) is 19.2 Å². The predicted molar refractivity (Wildman–Crippen MR) is 90.8 cm³/mol. The van der Waals surface area contributed by atoms with Crippen LogP contribution in [-0.2, 0) is 12.0 Å². The van der Waals surface area contributed by atoms with Gasteiger partial charge in [-0.05, 0) is 38.5 Å². The molecular formula is C20H18FNO2. The molecule has 2 heterocycles. The zero-order chi connectivity index (χ0) is 16.9. The van der Waals surface area contributed by atoms with E-state index >= 15 is 0 Å². The second-order valence-corrected chi connectivity index (χ2v) is 6.76. The summed E-state index contributed by atoms with van der Waals surface area (Å²) in [4.78, 5) is 12.6. The summed E-state index contributed by atoms with van der Waals surface area (Å²) in [5.74, 6) is 0.311. The Kier molecular flexibility index (Phi) is 3.32. The van der Waals surface area contributed by atoms with Crippen LogP contribution >= 0.6 is 0 Å². The molecular weight excluding hydrogens is 305 g/mol. The van der Waals surface area contributed by atoms with Gasteiger partial charge in [-0.25, -0.2) is 4.39 Å². The highest BCUT2D eigenvalue weighted by Crippen LogP contribution is 2.36. The van der Waals surface area contributed by atoms with Gasteiger partial charge < -0.3 is 9.73 Å². The fourth-order valence-electron chi connectivity index (χ4n) is 3.42. The number of ketones is 1. The van der Waals surface area contributed by atoms with Crippen LogP contribution in [0, 0.1) is 5.82 Å². The maximum Gasteiger partial charge on any atom is 0.193 e. The molecule has 1 N–H and O–H groups in total. The summed E-state index contributed by atoms with van der Waals surface area (Å²) >= 11 is 0. The first-order valence-corrected chi connectivity index (χ1v) is 8.07. The molecule has 0 aliphatic carbocycles. The van der Waals surface area contributed by atoms with Gasteiger partial charge in [0.2, 0.25) is 0 Å². The molecule has 0 atom stereocenters. The first-order chi connectivity index (χ1) is 11.5. The topological polar surface area (TPSA) is 42.2 Å². The van der Waals surface area contributed by atoms with Crippen molar-refractivity contribution in [3.8, 4) is 0 Å². The van der Waals surface area contributed by atoms with Gasteiger partial charge in [0.1, 0.15) is 17.2 Å². The van der Waals surface area contributed by atoms with E-state index in [1.54, 1.807) is 24.3 Å². The Morgan fingerprint density at radius 3 is 2.75 bits per heavy atom. The molecule has 2 aromatic carbocycles. The van der Waals surface area contributed by atoms with E-state index in [4.69, 9.17) is 4.42 Å². The summed E-state index contributed by atoms with van der Waals surface area (Å²) in [6.07, 6.45) is 0.906. The summed E-state index contributed by atoms with van der Waals surface area (Å²) in [6, 6.07) is 11.2. The maximum atomic E-state index is 13.4. The first-order valence-electron chi connectivity index (χ1n) is 8.07. The van der Waals surface area contributed by atoms with E-state index in [0.717, 1.165) is 24.1 Å². The van der Waals surface area contributed by atoms with Gasteiger partial charge in [0.15, 0.2) is 5.78 Å². The third kappa shape index (κ3) is 2.34. The smallest absolute Gasteiger partial charge is 0.193 e. The number of carbonyl (C=O) groups is 1. The van der Waals surface area contributed by atoms with E-state index in [-0.39, 0.29) is 11.3 Å². The molecule has 0 radical (unpaired) electrons. The highest BCUT2D eigenvalue weighted by Gasteiger charge is 2.32. The predicted octanol–water partition coefficient (Wildman–Crippen LogP) is 4.18. The van der Waals surface area contributed by atoms with Crippen LogP contribution in [0.4, 0.5) is 4.39 Å². The Morgan fingerprint density at radius 2 is 1.96 bits per heavy atom. The lowest BCUT2D eigenvalue weighted by molar-refractivity contribution is 0.103. The Bertz CT molecular complexity index is 955. The van der Waals surface area contributed by atoms with Crippen LogP contribution in [0.3, 0.4) is 0 Å². The molecule has 0 saturated carbocycles. The molecule has 1 aliphatic rings.